The SMILES string of the molecule is CCOC(=O)C1CNCCN1c1cc(SC)ncn1. The summed E-state index contributed by atoms with van der Waals surface area (Å²) in [4.78, 5) is 22.4. The molecule has 1 fully saturated rings. The summed E-state index contributed by atoms with van der Waals surface area (Å²) in [7, 11) is 0. The molecule has 0 bridgehead atoms. The van der Waals surface area contributed by atoms with Crippen LogP contribution in [0.3, 0.4) is 0 Å². The number of hydrogen-bond acceptors (Lipinski definition) is 7. The molecule has 1 unspecified atom stereocenters. The van der Waals surface area contributed by atoms with Crippen LogP contribution >= 0.6 is 11.8 Å². The molecule has 2 rings (SSSR count). The fourth-order valence-electron chi connectivity index (χ4n) is 2.03. The summed E-state index contributed by atoms with van der Waals surface area (Å²) in [6.07, 6.45) is 3.50. The van der Waals surface area contributed by atoms with Gasteiger partial charge in [-0.05, 0) is 13.2 Å². The van der Waals surface area contributed by atoms with Crippen LogP contribution in [-0.4, -0.2) is 54.5 Å². The summed E-state index contributed by atoms with van der Waals surface area (Å²) in [5, 5.41) is 4.11. The second kappa shape index (κ2) is 6.72. The molecule has 0 amide bonds. The van der Waals surface area contributed by atoms with Gasteiger partial charge < -0.3 is 15.0 Å². The second-order valence-corrected chi connectivity index (χ2v) is 4.91. The van der Waals surface area contributed by atoms with Crippen molar-refractivity contribution in [3.63, 3.8) is 0 Å². The minimum atomic E-state index is -0.321. The summed E-state index contributed by atoms with van der Waals surface area (Å²) in [6, 6.07) is 1.58. The first kappa shape index (κ1) is 14.1. The standard InChI is InChI=1S/C12H18N4O2S/c1-3-18-12(17)9-7-13-4-5-16(9)10-6-11(19-2)15-8-14-10/h6,8-9,13H,3-5,7H2,1-2H3. The lowest BCUT2D eigenvalue weighted by molar-refractivity contribution is -0.144. The first-order valence-corrected chi connectivity index (χ1v) is 7.48. The normalized spacial score (nSPS) is 19.3. The largest absolute Gasteiger partial charge is 0.464 e. The van der Waals surface area contributed by atoms with E-state index in [0.717, 1.165) is 23.9 Å². The van der Waals surface area contributed by atoms with Crippen LogP contribution < -0.4 is 10.2 Å². The second-order valence-electron chi connectivity index (χ2n) is 4.08. The molecule has 0 aromatic carbocycles. The third kappa shape index (κ3) is 3.36. The Morgan fingerprint density at radius 3 is 3.21 bits per heavy atom. The summed E-state index contributed by atoms with van der Waals surface area (Å²) >= 11 is 1.56. The molecule has 1 aliphatic heterocycles. The van der Waals surface area contributed by atoms with Gasteiger partial charge in [-0.3, -0.25) is 0 Å². The molecule has 1 aromatic rings. The summed E-state index contributed by atoms with van der Waals surface area (Å²) < 4.78 is 5.12. The van der Waals surface area contributed by atoms with Gasteiger partial charge in [0.25, 0.3) is 0 Å². The number of hydrogen-bond donors (Lipinski definition) is 1. The highest BCUT2D eigenvalue weighted by Gasteiger charge is 2.30. The van der Waals surface area contributed by atoms with Gasteiger partial charge in [-0.1, -0.05) is 0 Å². The lowest BCUT2D eigenvalue weighted by Crippen LogP contribution is -2.56. The maximum Gasteiger partial charge on any atom is 0.330 e. The molecule has 2 heterocycles. The zero-order valence-electron chi connectivity index (χ0n) is 11.1. The Balaban J connectivity index is 2.20. The Hall–Kier alpha value is -1.34. The number of ether oxygens (including phenoxy) is 1. The van der Waals surface area contributed by atoms with E-state index in [1.165, 1.54) is 6.33 Å². The molecule has 1 saturated heterocycles. The topological polar surface area (TPSA) is 67.3 Å². The van der Waals surface area contributed by atoms with Crippen molar-refractivity contribution in [2.45, 2.75) is 18.0 Å². The first-order valence-electron chi connectivity index (χ1n) is 6.26. The number of thioether (sulfide) groups is 1. The van der Waals surface area contributed by atoms with Crippen molar-refractivity contribution in [2.75, 3.05) is 37.4 Å². The molecule has 104 valence electrons. The number of anilines is 1. The molecule has 1 aromatic heterocycles. The number of aromatic nitrogens is 2. The maximum absolute atomic E-state index is 12.0. The molecule has 7 heteroatoms. The number of piperazine rings is 1. The molecule has 0 radical (unpaired) electrons. The van der Waals surface area contributed by atoms with Crippen molar-refractivity contribution in [3.05, 3.63) is 12.4 Å². The van der Waals surface area contributed by atoms with E-state index in [0.29, 0.717) is 13.2 Å². The van der Waals surface area contributed by atoms with Crippen molar-refractivity contribution < 1.29 is 9.53 Å². The van der Waals surface area contributed by atoms with Gasteiger partial charge in [0.05, 0.1) is 6.61 Å². The highest BCUT2D eigenvalue weighted by molar-refractivity contribution is 7.98. The van der Waals surface area contributed by atoms with Gasteiger partial charge in [-0.15, -0.1) is 11.8 Å². The average molecular weight is 282 g/mol. The minimum Gasteiger partial charge on any atom is -0.464 e. The van der Waals surface area contributed by atoms with Gasteiger partial charge in [0.15, 0.2) is 0 Å². The zero-order valence-corrected chi connectivity index (χ0v) is 11.9. The summed E-state index contributed by atoms with van der Waals surface area (Å²) in [6.45, 7) is 4.35. The minimum absolute atomic E-state index is 0.209. The van der Waals surface area contributed by atoms with Crippen molar-refractivity contribution in [2.24, 2.45) is 0 Å². The van der Waals surface area contributed by atoms with E-state index in [9.17, 15) is 4.79 Å². The van der Waals surface area contributed by atoms with Crippen LogP contribution in [0.25, 0.3) is 0 Å². The summed E-state index contributed by atoms with van der Waals surface area (Å²) in [5.41, 5.74) is 0. The van der Waals surface area contributed by atoms with E-state index < -0.39 is 0 Å². The third-order valence-electron chi connectivity index (χ3n) is 2.93. The Labute approximate surface area is 116 Å². The van der Waals surface area contributed by atoms with Crippen molar-refractivity contribution in [1.82, 2.24) is 15.3 Å². The molecule has 0 spiro atoms. The molecule has 0 saturated carbocycles. The van der Waals surface area contributed by atoms with Gasteiger partial charge >= 0.3 is 5.97 Å². The Bertz CT molecular complexity index is 443. The molecular weight excluding hydrogens is 264 g/mol. The number of nitrogens with zero attached hydrogens (tertiary/aromatic N) is 3. The van der Waals surface area contributed by atoms with E-state index in [-0.39, 0.29) is 12.0 Å². The van der Waals surface area contributed by atoms with Gasteiger partial charge in [0.1, 0.15) is 23.2 Å². The zero-order chi connectivity index (χ0) is 13.7. The predicted molar refractivity (Wildman–Crippen MR) is 74.4 cm³/mol. The predicted octanol–water partition coefficient (Wildman–Crippen LogP) is 0.540. The maximum atomic E-state index is 12.0. The van der Waals surface area contributed by atoms with Gasteiger partial charge in [-0.2, -0.15) is 0 Å². The van der Waals surface area contributed by atoms with Crippen LogP contribution in [0.1, 0.15) is 6.92 Å². The monoisotopic (exact) mass is 282 g/mol. The number of carbonyl (C=O) groups excluding carboxylic acids is 1. The quantitative estimate of drug-likeness (QED) is 0.491. The van der Waals surface area contributed by atoms with E-state index in [1.807, 2.05) is 24.1 Å². The van der Waals surface area contributed by atoms with Crippen LogP contribution in [0.15, 0.2) is 17.4 Å². The van der Waals surface area contributed by atoms with Crippen LogP contribution in [0.4, 0.5) is 5.82 Å². The van der Waals surface area contributed by atoms with Crippen molar-refractivity contribution in [1.29, 1.82) is 0 Å². The first-order chi connectivity index (χ1) is 9.26. The van der Waals surface area contributed by atoms with Crippen LogP contribution in [0.2, 0.25) is 0 Å². The number of carbonyl (C=O) groups is 1. The lowest BCUT2D eigenvalue weighted by atomic mass is 10.2. The fraction of sp³-hybridized carbons (Fsp3) is 0.583. The van der Waals surface area contributed by atoms with E-state index in [2.05, 4.69) is 15.3 Å². The van der Waals surface area contributed by atoms with Crippen LogP contribution in [0, 0.1) is 0 Å². The van der Waals surface area contributed by atoms with Gasteiger partial charge in [0, 0.05) is 25.7 Å². The van der Waals surface area contributed by atoms with Crippen molar-refractivity contribution in [3.8, 4) is 0 Å². The molecule has 0 aliphatic carbocycles. The third-order valence-corrected chi connectivity index (χ3v) is 3.57. The molecule has 6 nitrogen and oxygen atoms in total. The highest BCUT2D eigenvalue weighted by Crippen LogP contribution is 2.20. The van der Waals surface area contributed by atoms with Crippen LogP contribution in [-0.2, 0) is 9.53 Å². The molecule has 1 N–H and O–H groups in total. The smallest absolute Gasteiger partial charge is 0.330 e. The van der Waals surface area contributed by atoms with Crippen molar-refractivity contribution >= 4 is 23.5 Å². The van der Waals surface area contributed by atoms with Gasteiger partial charge in [0.2, 0.25) is 0 Å². The number of rotatable bonds is 4. The van der Waals surface area contributed by atoms with Crippen LogP contribution in [0.5, 0.6) is 0 Å². The lowest BCUT2D eigenvalue weighted by Gasteiger charge is -2.35. The number of esters is 1. The Kier molecular flexibility index (Phi) is 4.98. The van der Waals surface area contributed by atoms with E-state index in [4.69, 9.17) is 4.74 Å². The average Bonchev–Trinajstić information content (AvgIpc) is 2.47. The number of nitrogens with one attached hydrogen (secondary N) is 1. The Morgan fingerprint density at radius 2 is 2.47 bits per heavy atom. The molecule has 1 atom stereocenters. The molecular formula is C12H18N4O2S. The molecule has 19 heavy (non-hydrogen) atoms. The molecule has 1 aliphatic rings. The van der Waals surface area contributed by atoms with E-state index in [1.54, 1.807) is 11.8 Å². The highest BCUT2D eigenvalue weighted by atomic mass is 32.2. The van der Waals surface area contributed by atoms with E-state index >= 15 is 0 Å². The summed E-state index contributed by atoms with van der Waals surface area (Å²) in [5.74, 6) is 0.568. The fourth-order valence-corrected chi connectivity index (χ4v) is 2.40. The Morgan fingerprint density at radius 1 is 1.63 bits per heavy atom. The van der Waals surface area contributed by atoms with Gasteiger partial charge in [-0.25, -0.2) is 14.8 Å².